The van der Waals surface area contributed by atoms with E-state index in [4.69, 9.17) is 4.74 Å². The lowest BCUT2D eigenvalue weighted by Crippen LogP contribution is -2.10. The first kappa shape index (κ1) is 26.8. The van der Waals surface area contributed by atoms with Gasteiger partial charge in [0.25, 0.3) is 0 Å². The molecule has 0 N–H and O–H groups in total. The first-order valence-electron chi connectivity index (χ1n) is 12.7. The average Bonchev–Trinajstić information content (AvgIpc) is 3.50. The summed E-state index contributed by atoms with van der Waals surface area (Å²) in [6.45, 7) is 5.42. The van der Waals surface area contributed by atoms with Crippen LogP contribution in [0.2, 0.25) is 0 Å². The van der Waals surface area contributed by atoms with Gasteiger partial charge in [-0.1, -0.05) is 77.2 Å². The molecule has 0 saturated carbocycles. The van der Waals surface area contributed by atoms with E-state index in [0.717, 1.165) is 52.7 Å². The van der Waals surface area contributed by atoms with E-state index in [1.807, 2.05) is 78.9 Å². The fraction of sp³-hybridized carbons (Fsp3) is 0.267. The predicted molar refractivity (Wildman–Crippen MR) is 151 cm³/mol. The van der Waals surface area contributed by atoms with E-state index in [-0.39, 0.29) is 0 Å². The smallest absolute Gasteiger partial charge is 0.118 e. The second-order valence-electron chi connectivity index (χ2n) is 9.20. The minimum Gasteiger partial charge on any atom is -0.378 e. The molecule has 196 valence electrons. The van der Waals surface area contributed by atoms with Gasteiger partial charge < -0.3 is 9.64 Å². The van der Waals surface area contributed by atoms with Crippen LogP contribution in [0.4, 0.5) is 5.69 Å². The van der Waals surface area contributed by atoms with Crippen LogP contribution >= 0.6 is 0 Å². The molecule has 5 aromatic rings. The van der Waals surface area contributed by atoms with Crippen LogP contribution in [-0.2, 0) is 24.3 Å². The third kappa shape index (κ3) is 6.33. The molecule has 0 fully saturated rings. The third-order valence-electron chi connectivity index (χ3n) is 6.35. The number of aromatic nitrogens is 6. The monoisotopic (exact) mass is 509 g/mol. The molecule has 8 heteroatoms. The molecule has 8 nitrogen and oxygen atoms in total. The van der Waals surface area contributed by atoms with Crippen LogP contribution in [0.3, 0.4) is 0 Å². The predicted octanol–water partition coefficient (Wildman–Crippen LogP) is 5.28. The Bertz CT molecular complexity index is 1430. The second kappa shape index (κ2) is 12.8. The minimum atomic E-state index is 0.499. The van der Waals surface area contributed by atoms with Crippen molar-refractivity contribution in [1.82, 2.24) is 30.0 Å². The van der Waals surface area contributed by atoms with E-state index >= 15 is 0 Å². The molecule has 0 spiro atoms. The van der Waals surface area contributed by atoms with Crippen molar-refractivity contribution in [2.75, 3.05) is 26.1 Å². The number of hydrogen-bond acceptors (Lipinski definition) is 6. The van der Waals surface area contributed by atoms with Crippen molar-refractivity contribution in [3.63, 3.8) is 0 Å². The van der Waals surface area contributed by atoms with E-state index in [0.29, 0.717) is 6.61 Å². The van der Waals surface area contributed by atoms with Crippen molar-refractivity contribution in [2.45, 2.75) is 33.4 Å². The summed E-state index contributed by atoms with van der Waals surface area (Å²) < 4.78 is 8.85. The molecule has 0 aliphatic heterocycles. The standard InChI is InChI=1S/C19H22N4.C11H13N3O/c1-15-19(17-11-7-8-12-18(17)22(2)3)20-21-23(15)14-13-16-9-5-4-6-10-16;1-9-11(8-15-2)12-13-14(9)10-6-4-3-5-7-10/h4-12H,13-14H2,1-3H3;3-7H,8H2,1-2H3. The molecule has 2 aromatic heterocycles. The summed E-state index contributed by atoms with van der Waals surface area (Å²) >= 11 is 0. The summed E-state index contributed by atoms with van der Waals surface area (Å²) in [5.41, 5.74) is 8.58. The van der Waals surface area contributed by atoms with Gasteiger partial charge in [0, 0.05) is 39.0 Å². The molecule has 0 saturated heterocycles. The van der Waals surface area contributed by atoms with E-state index in [1.54, 1.807) is 7.11 Å². The van der Waals surface area contributed by atoms with Crippen LogP contribution < -0.4 is 4.90 Å². The van der Waals surface area contributed by atoms with Gasteiger partial charge in [-0.3, -0.25) is 0 Å². The lowest BCUT2D eigenvalue weighted by atomic mass is 10.1. The Labute approximate surface area is 224 Å². The Kier molecular flexibility index (Phi) is 9.00. The largest absolute Gasteiger partial charge is 0.378 e. The first-order valence-corrected chi connectivity index (χ1v) is 12.7. The highest BCUT2D eigenvalue weighted by Gasteiger charge is 2.15. The highest BCUT2D eigenvalue weighted by atomic mass is 16.5. The minimum absolute atomic E-state index is 0.499. The fourth-order valence-corrected chi connectivity index (χ4v) is 4.21. The third-order valence-corrected chi connectivity index (χ3v) is 6.35. The van der Waals surface area contributed by atoms with Crippen molar-refractivity contribution < 1.29 is 4.74 Å². The molecule has 0 amide bonds. The maximum Gasteiger partial charge on any atom is 0.118 e. The number of rotatable bonds is 8. The Morgan fingerprint density at radius 2 is 1.42 bits per heavy atom. The van der Waals surface area contributed by atoms with E-state index < -0.39 is 0 Å². The van der Waals surface area contributed by atoms with Crippen LogP contribution in [0.25, 0.3) is 16.9 Å². The van der Waals surface area contributed by atoms with Crippen LogP contribution in [0.5, 0.6) is 0 Å². The normalized spacial score (nSPS) is 10.7. The Morgan fingerprint density at radius 3 is 2.11 bits per heavy atom. The summed E-state index contributed by atoms with van der Waals surface area (Å²) in [5, 5.41) is 16.9. The number of hydrogen-bond donors (Lipinski definition) is 0. The molecule has 3 aromatic carbocycles. The molecule has 0 atom stereocenters. The van der Waals surface area contributed by atoms with Crippen LogP contribution in [0.15, 0.2) is 84.9 Å². The van der Waals surface area contributed by atoms with E-state index in [9.17, 15) is 0 Å². The Hall–Kier alpha value is -4.30. The molecule has 0 aliphatic rings. The zero-order chi connectivity index (χ0) is 26.9. The maximum absolute atomic E-state index is 5.04. The van der Waals surface area contributed by atoms with Crippen molar-refractivity contribution in [2.24, 2.45) is 0 Å². The van der Waals surface area contributed by atoms with Gasteiger partial charge in [-0.25, -0.2) is 9.36 Å². The van der Waals surface area contributed by atoms with Gasteiger partial charge in [-0.2, -0.15) is 0 Å². The highest BCUT2D eigenvalue weighted by Crippen LogP contribution is 2.30. The molecular formula is C30H35N7O. The quantitative estimate of drug-likeness (QED) is 0.283. The van der Waals surface area contributed by atoms with Gasteiger partial charge in [0.2, 0.25) is 0 Å². The SMILES string of the molecule is COCc1nnn(-c2ccccc2)c1C.Cc1c(-c2ccccc2N(C)C)nnn1CCc1ccccc1. The molecule has 0 aliphatic carbocycles. The van der Waals surface area contributed by atoms with Crippen molar-refractivity contribution in [3.05, 3.63) is 108 Å². The number of para-hydroxylation sites is 2. The topological polar surface area (TPSA) is 73.9 Å². The maximum atomic E-state index is 5.04. The zero-order valence-electron chi connectivity index (χ0n) is 22.7. The number of aryl methyl sites for hydroxylation is 2. The summed E-state index contributed by atoms with van der Waals surface area (Å²) in [5.74, 6) is 0. The van der Waals surface area contributed by atoms with Gasteiger partial charge in [-0.05, 0) is 44.0 Å². The van der Waals surface area contributed by atoms with Gasteiger partial charge >= 0.3 is 0 Å². The first-order chi connectivity index (χ1) is 18.5. The highest BCUT2D eigenvalue weighted by molar-refractivity contribution is 5.77. The van der Waals surface area contributed by atoms with E-state index in [2.05, 4.69) is 68.8 Å². The fourth-order valence-electron chi connectivity index (χ4n) is 4.21. The molecule has 0 bridgehead atoms. The van der Waals surface area contributed by atoms with Crippen LogP contribution in [0, 0.1) is 13.8 Å². The Morgan fingerprint density at radius 1 is 0.763 bits per heavy atom. The summed E-state index contributed by atoms with van der Waals surface area (Å²) in [7, 11) is 5.75. The van der Waals surface area contributed by atoms with Gasteiger partial charge in [0.1, 0.15) is 11.4 Å². The average molecular weight is 510 g/mol. The molecule has 38 heavy (non-hydrogen) atoms. The summed E-state index contributed by atoms with van der Waals surface area (Å²) in [6.07, 6.45) is 0.958. The lowest BCUT2D eigenvalue weighted by molar-refractivity contribution is 0.181. The second-order valence-corrected chi connectivity index (χ2v) is 9.20. The Balaban J connectivity index is 0.000000194. The van der Waals surface area contributed by atoms with Gasteiger partial charge in [0.15, 0.2) is 0 Å². The van der Waals surface area contributed by atoms with Gasteiger partial charge in [0.05, 0.1) is 23.7 Å². The summed E-state index contributed by atoms with van der Waals surface area (Å²) in [6, 6.07) is 28.7. The lowest BCUT2D eigenvalue weighted by Gasteiger charge is -2.16. The van der Waals surface area contributed by atoms with Gasteiger partial charge in [-0.15, -0.1) is 10.2 Å². The molecular weight excluding hydrogens is 474 g/mol. The number of nitrogens with zero attached hydrogens (tertiary/aromatic N) is 7. The summed E-state index contributed by atoms with van der Waals surface area (Å²) in [4.78, 5) is 2.11. The van der Waals surface area contributed by atoms with Crippen molar-refractivity contribution in [3.8, 4) is 16.9 Å². The number of methoxy groups -OCH3 is 1. The van der Waals surface area contributed by atoms with Crippen molar-refractivity contribution in [1.29, 1.82) is 0 Å². The van der Waals surface area contributed by atoms with Crippen molar-refractivity contribution >= 4 is 5.69 Å². The number of ether oxygens (including phenoxy) is 1. The van der Waals surface area contributed by atoms with Crippen LogP contribution in [-0.4, -0.2) is 51.2 Å². The number of benzene rings is 3. The molecule has 0 radical (unpaired) electrons. The molecule has 0 unspecified atom stereocenters. The molecule has 5 rings (SSSR count). The van der Waals surface area contributed by atoms with E-state index in [1.165, 1.54) is 5.56 Å². The zero-order valence-corrected chi connectivity index (χ0v) is 22.7. The molecule has 2 heterocycles. The van der Waals surface area contributed by atoms with Crippen LogP contribution in [0.1, 0.15) is 22.6 Å². The number of anilines is 1.